The lowest BCUT2D eigenvalue weighted by Gasteiger charge is -2.19. The number of fused-ring (bicyclic) bond motifs is 1. The lowest BCUT2D eigenvalue weighted by molar-refractivity contribution is -0.00386. The second-order valence-electron chi connectivity index (χ2n) is 5.23. The van der Waals surface area contributed by atoms with Crippen LogP contribution < -0.4 is 0 Å². The molecule has 1 aromatic carbocycles. The molecule has 0 saturated heterocycles. The highest BCUT2D eigenvalue weighted by molar-refractivity contribution is 9.10. The number of rotatable bonds is 2. The van der Waals surface area contributed by atoms with Crippen molar-refractivity contribution in [3.8, 4) is 0 Å². The van der Waals surface area contributed by atoms with Crippen molar-refractivity contribution in [1.29, 1.82) is 0 Å². The summed E-state index contributed by atoms with van der Waals surface area (Å²) in [4.78, 5) is 4.35. The molecule has 0 radical (unpaired) electrons. The zero-order chi connectivity index (χ0) is 15.3. The van der Waals surface area contributed by atoms with Gasteiger partial charge in [-0.05, 0) is 34.5 Å². The average Bonchev–Trinajstić information content (AvgIpc) is 2.89. The molecule has 1 fully saturated rings. The van der Waals surface area contributed by atoms with Gasteiger partial charge in [0.25, 0.3) is 0 Å². The topological polar surface area (TPSA) is 78.5 Å². The van der Waals surface area contributed by atoms with E-state index in [2.05, 4.69) is 20.9 Å². The maximum absolute atomic E-state index is 10.2. The van der Waals surface area contributed by atoms with Gasteiger partial charge in [-0.1, -0.05) is 23.2 Å². The van der Waals surface area contributed by atoms with E-state index in [1.54, 1.807) is 16.7 Å². The molecule has 1 aliphatic rings. The normalized spacial score (nSPS) is 29.4. The zero-order valence-corrected chi connectivity index (χ0v) is 13.8. The van der Waals surface area contributed by atoms with E-state index in [9.17, 15) is 15.3 Å². The Morgan fingerprint density at radius 2 is 1.90 bits per heavy atom. The van der Waals surface area contributed by atoms with Gasteiger partial charge in [-0.3, -0.25) is 0 Å². The first kappa shape index (κ1) is 15.5. The quantitative estimate of drug-likeness (QED) is 0.729. The fourth-order valence-corrected chi connectivity index (χ4v) is 3.87. The van der Waals surface area contributed by atoms with E-state index in [-0.39, 0.29) is 12.5 Å². The zero-order valence-electron chi connectivity index (χ0n) is 10.7. The number of aromatic nitrogens is 2. The van der Waals surface area contributed by atoms with Crippen LogP contribution in [0.1, 0.15) is 12.5 Å². The molecule has 0 bridgehead atoms. The van der Waals surface area contributed by atoms with Crippen LogP contribution in [0.15, 0.2) is 16.9 Å². The highest BCUT2D eigenvalue weighted by Gasteiger charge is 2.43. The van der Waals surface area contributed by atoms with Crippen LogP contribution in [0.5, 0.6) is 0 Å². The number of aliphatic hydroxyl groups excluding tert-OH is 3. The Balaban J connectivity index is 2.12. The van der Waals surface area contributed by atoms with Crippen molar-refractivity contribution in [2.24, 2.45) is 5.92 Å². The Morgan fingerprint density at radius 3 is 2.52 bits per heavy atom. The molecule has 1 heterocycles. The molecule has 21 heavy (non-hydrogen) atoms. The molecule has 0 amide bonds. The van der Waals surface area contributed by atoms with Crippen molar-refractivity contribution < 1.29 is 15.3 Å². The van der Waals surface area contributed by atoms with Gasteiger partial charge in [0.1, 0.15) is 6.10 Å². The summed E-state index contributed by atoms with van der Waals surface area (Å²) in [7, 11) is 0. The van der Waals surface area contributed by atoms with Crippen LogP contribution in [0.25, 0.3) is 11.0 Å². The highest BCUT2D eigenvalue weighted by atomic mass is 79.9. The van der Waals surface area contributed by atoms with Crippen molar-refractivity contribution in [1.82, 2.24) is 9.55 Å². The Hall–Kier alpha value is -0.370. The third-order valence-corrected chi connectivity index (χ3v) is 5.31. The predicted octanol–water partition coefficient (Wildman–Crippen LogP) is 2.38. The molecule has 0 spiro atoms. The van der Waals surface area contributed by atoms with Crippen molar-refractivity contribution >= 4 is 50.2 Å². The molecular formula is C13H13BrCl2N2O3. The smallest absolute Gasteiger partial charge is 0.178 e. The lowest BCUT2D eigenvalue weighted by atomic mass is 10.1. The number of nitrogens with zero attached hydrogens (tertiary/aromatic N) is 2. The Bertz CT molecular complexity index is 694. The van der Waals surface area contributed by atoms with Gasteiger partial charge in [-0.15, -0.1) is 0 Å². The first-order valence-corrected chi connectivity index (χ1v) is 7.98. The fourth-order valence-electron chi connectivity index (χ4n) is 2.91. The van der Waals surface area contributed by atoms with Crippen LogP contribution >= 0.6 is 39.1 Å². The van der Waals surface area contributed by atoms with Crippen LogP contribution in [0.3, 0.4) is 0 Å². The van der Waals surface area contributed by atoms with Crippen molar-refractivity contribution in [2.45, 2.75) is 24.7 Å². The summed E-state index contributed by atoms with van der Waals surface area (Å²) in [6.45, 7) is -0.175. The molecule has 2 aromatic rings. The Morgan fingerprint density at radius 1 is 1.24 bits per heavy atom. The summed E-state index contributed by atoms with van der Waals surface area (Å²) >= 11 is 15.4. The lowest BCUT2D eigenvalue weighted by Crippen LogP contribution is -2.30. The maximum Gasteiger partial charge on any atom is 0.178 e. The van der Waals surface area contributed by atoms with E-state index < -0.39 is 18.2 Å². The molecule has 1 aromatic heterocycles. The summed E-state index contributed by atoms with van der Waals surface area (Å²) < 4.78 is 2.30. The average molecular weight is 396 g/mol. The van der Waals surface area contributed by atoms with Crippen LogP contribution in [0.2, 0.25) is 10.0 Å². The van der Waals surface area contributed by atoms with E-state index in [0.717, 1.165) is 0 Å². The Kier molecular flexibility index (Phi) is 4.20. The molecule has 3 N–H and O–H groups in total. The summed E-state index contributed by atoms with van der Waals surface area (Å²) in [6.07, 6.45) is -1.50. The van der Waals surface area contributed by atoms with Gasteiger partial charge >= 0.3 is 0 Å². The number of halogens is 3. The van der Waals surface area contributed by atoms with E-state index in [4.69, 9.17) is 23.2 Å². The minimum absolute atomic E-state index is 0.175. The summed E-state index contributed by atoms with van der Waals surface area (Å²) in [6, 6.07) is 2.94. The van der Waals surface area contributed by atoms with Crippen LogP contribution in [-0.2, 0) is 0 Å². The second-order valence-corrected chi connectivity index (χ2v) is 6.76. The minimum Gasteiger partial charge on any atom is -0.396 e. The first-order valence-electron chi connectivity index (χ1n) is 6.43. The predicted molar refractivity (Wildman–Crippen MR) is 83.7 cm³/mol. The van der Waals surface area contributed by atoms with Gasteiger partial charge in [0, 0.05) is 12.5 Å². The second kappa shape index (κ2) is 5.68. The molecule has 5 nitrogen and oxygen atoms in total. The van der Waals surface area contributed by atoms with Crippen LogP contribution in [0, 0.1) is 5.92 Å². The molecular weight excluding hydrogens is 383 g/mol. The summed E-state index contributed by atoms with van der Waals surface area (Å²) in [5.41, 5.74) is 1.36. The number of hydrogen-bond donors (Lipinski definition) is 3. The summed E-state index contributed by atoms with van der Waals surface area (Å²) in [5, 5.41) is 30.3. The van der Waals surface area contributed by atoms with Crippen LogP contribution in [0.4, 0.5) is 0 Å². The highest BCUT2D eigenvalue weighted by Crippen LogP contribution is 2.40. The molecule has 3 rings (SSSR count). The molecule has 0 aliphatic heterocycles. The molecule has 1 aliphatic carbocycles. The van der Waals surface area contributed by atoms with Gasteiger partial charge in [0.2, 0.25) is 0 Å². The van der Waals surface area contributed by atoms with Gasteiger partial charge in [0.15, 0.2) is 4.73 Å². The fraction of sp³-hybridized carbons (Fsp3) is 0.462. The minimum atomic E-state index is -0.981. The third kappa shape index (κ3) is 2.48. The monoisotopic (exact) mass is 394 g/mol. The first-order chi connectivity index (χ1) is 9.93. The van der Waals surface area contributed by atoms with Crippen LogP contribution in [-0.4, -0.2) is 43.7 Å². The van der Waals surface area contributed by atoms with Gasteiger partial charge < -0.3 is 19.9 Å². The maximum atomic E-state index is 10.2. The molecule has 114 valence electrons. The van der Waals surface area contributed by atoms with E-state index in [1.807, 2.05) is 0 Å². The van der Waals surface area contributed by atoms with E-state index in [0.29, 0.717) is 32.2 Å². The van der Waals surface area contributed by atoms with Crippen molar-refractivity contribution in [2.75, 3.05) is 6.61 Å². The van der Waals surface area contributed by atoms with Gasteiger partial charge in [0.05, 0.1) is 33.2 Å². The van der Waals surface area contributed by atoms with E-state index in [1.165, 1.54) is 0 Å². The molecule has 4 atom stereocenters. The van der Waals surface area contributed by atoms with Gasteiger partial charge in [-0.25, -0.2) is 4.98 Å². The summed E-state index contributed by atoms with van der Waals surface area (Å²) in [5.74, 6) is -0.364. The van der Waals surface area contributed by atoms with Gasteiger partial charge in [-0.2, -0.15) is 0 Å². The molecule has 8 heteroatoms. The number of benzene rings is 1. The molecule has 1 saturated carbocycles. The third-order valence-electron chi connectivity index (χ3n) is 4.03. The molecule has 1 unspecified atom stereocenters. The Labute approximate surface area is 139 Å². The largest absolute Gasteiger partial charge is 0.396 e. The standard InChI is InChI=1S/C13H13BrCl2N2O3/c14-13-17-8-2-6(15)7(16)3-9(8)18(13)10-1-5(4-19)11(20)12(10)21/h2-3,5,10-12,19-21H,1,4H2/t5-,10?,11-,12+/m0/s1. The van der Waals surface area contributed by atoms with Crippen molar-refractivity contribution in [3.05, 3.63) is 26.9 Å². The number of aliphatic hydroxyl groups is 3. The van der Waals surface area contributed by atoms with E-state index >= 15 is 0 Å². The number of hydrogen-bond acceptors (Lipinski definition) is 4. The number of imidazole rings is 1. The SMILES string of the molecule is OC[C@@H]1CC(n2c(Br)nc3cc(Cl)c(Cl)cc32)[C@@H](O)[C@H]1O. The van der Waals surface area contributed by atoms with Crippen molar-refractivity contribution in [3.63, 3.8) is 0 Å².